The normalized spacial score (nSPS) is 22.4. The molecule has 1 N–H and O–H groups in total. The van der Waals surface area contributed by atoms with Crippen LogP contribution in [0, 0.1) is 5.92 Å². The molecule has 1 aromatic rings. The predicted molar refractivity (Wildman–Crippen MR) is 76.9 cm³/mol. The van der Waals surface area contributed by atoms with Crippen molar-refractivity contribution in [1.29, 1.82) is 0 Å². The average Bonchev–Trinajstić information content (AvgIpc) is 2.71. The summed E-state index contributed by atoms with van der Waals surface area (Å²) in [6.07, 6.45) is 0.760. The minimum atomic E-state index is -0.988. The third-order valence-corrected chi connectivity index (χ3v) is 4.07. The lowest BCUT2D eigenvalue weighted by atomic mass is 9.93. The molecular formula is C14H15Cl2NO3. The second kappa shape index (κ2) is 6.02. The second-order valence-electron chi connectivity index (χ2n) is 4.85. The van der Waals surface area contributed by atoms with E-state index >= 15 is 0 Å². The number of benzene rings is 1. The first kappa shape index (κ1) is 15.1. The molecule has 0 saturated carbocycles. The van der Waals surface area contributed by atoms with E-state index in [2.05, 4.69) is 0 Å². The van der Waals surface area contributed by atoms with Gasteiger partial charge in [0.1, 0.15) is 0 Å². The number of aliphatic carboxylic acids is 1. The quantitative estimate of drug-likeness (QED) is 0.926. The number of carbonyl (C=O) groups is 2. The summed E-state index contributed by atoms with van der Waals surface area (Å²) < 4.78 is 0. The van der Waals surface area contributed by atoms with Crippen molar-refractivity contribution in [2.75, 3.05) is 6.54 Å². The second-order valence-corrected chi connectivity index (χ2v) is 5.69. The molecule has 0 aromatic heterocycles. The summed E-state index contributed by atoms with van der Waals surface area (Å²) in [5.74, 6) is -1.93. The van der Waals surface area contributed by atoms with Gasteiger partial charge < -0.3 is 10.0 Å². The minimum absolute atomic E-state index is 0.00282. The highest BCUT2D eigenvalue weighted by Crippen LogP contribution is 2.41. The third kappa shape index (κ3) is 2.76. The average molecular weight is 316 g/mol. The van der Waals surface area contributed by atoms with Crippen molar-refractivity contribution in [2.24, 2.45) is 5.92 Å². The molecule has 20 heavy (non-hydrogen) atoms. The van der Waals surface area contributed by atoms with Gasteiger partial charge in [-0.25, -0.2) is 0 Å². The van der Waals surface area contributed by atoms with Crippen LogP contribution in [0.1, 0.15) is 31.4 Å². The van der Waals surface area contributed by atoms with E-state index in [1.54, 1.807) is 23.1 Å². The number of rotatable bonds is 4. The number of halogens is 2. The Morgan fingerprint density at radius 3 is 2.75 bits per heavy atom. The number of hydrogen-bond donors (Lipinski definition) is 1. The van der Waals surface area contributed by atoms with Crippen LogP contribution < -0.4 is 0 Å². The highest BCUT2D eigenvalue weighted by atomic mass is 35.5. The van der Waals surface area contributed by atoms with Crippen molar-refractivity contribution >= 4 is 35.1 Å². The summed E-state index contributed by atoms with van der Waals surface area (Å²) >= 11 is 12.1. The fourth-order valence-electron chi connectivity index (χ4n) is 2.64. The number of carbonyl (C=O) groups excluding carboxylic acids is 1. The van der Waals surface area contributed by atoms with Crippen LogP contribution in [0.5, 0.6) is 0 Å². The summed E-state index contributed by atoms with van der Waals surface area (Å²) in [5.41, 5.74) is 0.603. The van der Waals surface area contributed by atoms with Gasteiger partial charge in [0.05, 0.1) is 12.0 Å². The van der Waals surface area contributed by atoms with Gasteiger partial charge in [-0.05, 0) is 30.2 Å². The van der Waals surface area contributed by atoms with E-state index < -0.39 is 17.9 Å². The van der Waals surface area contributed by atoms with Gasteiger partial charge in [0.25, 0.3) is 0 Å². The molecule has 1 aliphatic rings. The van der Waals surface area contributed by atoms with Gasteiger partial charge >= 0.3 is 5.97 Å². The lowest BCUT2D eigenvalue weighted by Gasteiger charge is -2.27. The number of amides is 1. The maximum Gasteiger partial charge on any atom is 0.309 e. The Kier molecular flexibility index (Phi) is 4.55. The van der Waals surface area contributed by atoms with Crippen molar-refractivity contribution in [3.05, 3.63) is 33.8 Å². The minimum Gasteiger partial charge on any atom is -0.481 e. The van der Waals surface area contributed by atoms with E-state index in [0.717, 1.165) is 6.42 Å². The molecule has 0 radical (unpaired) electrons. The summed E-state index contributed by atoms with van der Waals surface area (Å²) in [7, 11) is 0. The van der Waals surface area contributed by atoms with Crippen molar-refractivity contribution < 1.29 is 14.7 Å². The Balaban J connectivity index is 2.48. The Morgan fingerprint density at radius 1 is 1.45 bits per heavy atom. The maximum absolute atomic E-state index is 12.0. The topological polar surface area (TPSA) is 57.6 Å². The largest absolute Gasteiger partial charge is 0.481 e. The Bertz CT molecular complexity index is 547. The van der Waals surface area contributed by atoms with E-state index in [4.69, 9.17) is 23.2 Å². The SMILES string of the molecule is CCCN1C(=O)CC(C(=O)O)C1c1cc(Cl)ccc1Cl. The highest BCUT2D eigenvalue weighted by molar-refractivity contribution is 6.33. The van der Waals surface area contributed by atoms with Gasteiger partial charge in [-0.3, -0.25) is 9.59 Å². The molecule has 2 unspecified atom stereocenters. The monoisotopic (exact) mass is 315 g/mol. The third-order valence-electron chi connectivity index (χ3n) is 3.49. The molecule has 108 valence electrons. The number of carboxylic acids is 1. The van der Waals surface area contributed by atoms with E-state index in [-0.39, 0.29) is 12.3 Å². The number of nitrogens with zero attached hydrogens (tertiary/aromatic N) is 1. The molecule has 2 rings (SSSR count). The van der Waals surface area contributed by atoms with Gasteiger partial charge in [-0.1, -0.05) is 30.1 Å². The predicted octanol–water partition coefficient (Wildman–Crippen LogP) is 3.38. The van der Waals surface area contributed by atoms with Gasteiger partial charge in [-0.2, -0.15) is 0 Å². The van der Waals surface area contributed by atoms with Crippen LogP contribution in [0.15, 0.2) is 18.2 Å². The van der Waals surface area contributed by atoms with Crippen LogP contribution >= 0.6 is 23.2 Å². The van der Waals surface area contributed by atoms with Gasteiger partial charge in [0.2, 0.25) is 5.91 Å². The van der Waals surface area contributed by atoms with E-state index in [0.29, 0.717) is 22.2 Å². The first-order chi connectivity index (χ1) is 9.45. The fraction of sp³-hybridized carbons (Fsp3) is 0.429. The fourth-order valence-corrected chi connectivity index (χ4v) is 3.05. The van der Waals surface area contributed by atoms with Crippen LogP contribution in [0.3, 0.4) is 0 Å². The van der Waals surface area contributed by atoms with E-state index in [1.807, 2.05) is 6.92 Å². The van der Waals surface area contributed by atoms with Crippen molar-refractivity contribution in [3.63, 3.8) is 0 Å². The van der Waals surface area contributed by atoms with E-state index in [1.165, 1.54) is 0 Å². The molecule has 1 aromatic carbocycles. The lowest BCUT2D eigenvalue weighted by molar-refractivity contribution is -0.142. The van der Waals surface area contributed by atoms with Crippen LogP contribution in [-0.4, -0.2) is 28.4 Å². The Hall–Kier alpha value is -1.26. The maximum atomic E-state index is 12.0. The molecule has 6 heteroatoms. The zero-order valence-corrected chi connectivity index (χ0v) is 12.5. The summed E-state index contributed by atoms with van der Waals surface area (Å²) in [5, 5.41) is 10.3. The molecule has 2 atom stereocenters. The first-order valence-corrected chi connectivity index (χ1v) is 7.18. The van der Waals surface area contributed by atoms with Crippen molar-refractivity contribution in [3.8, 4) is 0 Å². The first-order valence-electron chi connectivity index (χ1n) is 6.43. The summed E-state index contributed by atoms with van der Waals surface area (Å²) in [6.45, 7) is 2.45. The zero-order valence-electron chi connectivity index (χ0n) is 11.0. The summed E-state index contributed by atoms with van der Waals surface area (Å²) in [4.78, 5) is 25.1. The van der Waals surface area contributed by atoms with Gasteiger partial charge in [-0.15, -0.1) is 0 Å². The zero-order chi connectivity index (χ0) is 14.9. The smallest absolute Gasteiger partial charge is 0.309 e. The Labute approximate surface area is 127 Å². The Morgan fingerprint density at radius 2 is 2.15 bits per heavy atom. The van der Waals surface area contributed by atoms with Crippen molar-refractivity contribution in [2.45, 2.75) is 25.8 Å². The number of carboxylic acid groups (broad SMARTS) is 1. The van der Waals surface area contributed by atoms with Crippen LogP contribution in [0.2, 0.25) is 10.0 Å². The number of likely N-dealkylation sites (tertiary alicyclic amines) is 1. The molecule has 1 aliphatic heterocycles. The lowest BCUT2D eigenvalue weighted by Crippen LogP contribution is -2.31. The van der Waals surface area contributed by atoms with Gasteiger partial charge in [0, 0.05) is 23.0 Å². The molecule has 1 fully saturated rings. The van der Waals surface area contributed by atoms with E-state index in [9.17, 15) is 14.7 Å². The van der Waals surface area contributed by atoms with Gasteiger partial charge in [0.15, 0.2) is 0 Å². The molecule has 1 saturated heterocycles. The molecule has 0 spiro atoms. The van der Waals surface area contributed by atoms with Crippen molar-refractivity contribution in [1.82, 2.24) is 4.90 Å². The highest BCUT2D eigenvalue weighted by Gasteiger charge is 2.44. The molecule has 1 amide bonds. The molecule has 4 nitrogen and oxygen atoms in total. The molecule has 1 heterocycles. The molecule has 0 bridgehead atoms. The van der Waals surface area contributed by atoms with Crippen LogP contribution in [-0.2, 0) is 9.59 Å². The van der Waals surface area contributed by atoms with Crippen LogP contribution in [0.4, 0.5) is 0 Å². The summed E-state index contributed by atoms with van der Waals surface area (Å²) in [6, 6.07) is 4.37. The molecular weight excluding hydrogens is 301 g/mol. The van der Waals surface area contributed by atoms with Crippen LogP contribution in [0.25, 0.3) is 0 Å². The number of hydrogen-bond acceptors (Lipinski definition) is 2. The standard InChI is InChI=1S/C14H15Cl2NO3/c1-2-5-17-12(18)7-10(14(19)20)13(17)9-6-8(15)3-4-11(9)16/h3-4,6,10,13H,2,5,7H2,1H3,(H,19,20). The molecule has 0 aliphatic carbocycles.